The van der Waals surface area contributed by atoms with Gasteiger partial charge < -0.3 is 14.7 Å². The Balaban J connectivity index is 1.36. The maximum Gasteiger partial charge on any atom is 0.222 e. The molecule has 1 aliphatic rings. The molecule has 154 valence electrons. The molecule has 1 aliphatic heterocycles. The zero-order chi connectivity index (χ0) is 20.6. The van der Waals surface area contributed by atoms with Crippen molar-refractivity contribution in [3.8, 4) is 5.75 Å². The Morgan fingerprint density at radius 1 is 1.07 bits per heavy atom. The Labute approximate surface area is 172 Å². The molecule has 1 fully saturated rings. The molecule has 0 aromatic heterocycles. The summed E-state index contributed by atoms with van der Waals surface area (Å²) < 4.78 is 5.66. The van der Waals surface area contributed by atoms with Crippen LogP contribution in [0.2, 0.25) is 0 Å². The summed E-state index contributed by atoms with van der Waals surface area (Å²) >= 11 is 0. The lowest BCUT2D eigenvalue weighted by molar-refractivity contribution is -0.133. The predicted octanol–water partition coefficient (Wildman–Crippen LogP) is 4.02. The van der Waals surface area contributed by atoms with Gasteiger partial charge in [0.25, 0.3) is 0 Å². The van der Waals surface area contributed by atoms with Crippen LogP contribution in [-0.4, -0.2) is 41.4 Å². The Kier molecular flexibility index (Phi) is 7.42. The van der Waals surface area contributed by atoms with Crippen molar-refractivity contribution >= 4 is 11.7 Å². The van der Waals surface area contributed by atoms with Gasteiger partial charge in [0.05, 0.1) is 12.7 Å². The highest BCUT2D eigenvalue weighted by molar-refractivity contribution is 5.94. The van der Waals surface area contributed by atoms with Gasteiger partial charge in [0.15, 0.2) is 5.78 Å². The van der Waals surface area contributed by atoms with Crippen LogP contribution in [0.15, 0.2) is 54.6 Å². The van der Waals surface area contributed by atoms with Crippen LogP contribution in [0.4, 0.5) is 0 Å². The second-order valence-corrected chi connectivity index (χ2v) is 7.61. The molecule has 1 atom stereocenters. The van der Waals surface area contributed by atoms with Crippen molar-refractivity contribution in [1.29, 1.82) is 0 Å². The Morgan fingerprint density at radius 2 is 1.72 bits per heavy atom. The fourth-order valence-electron chi connectivity index (χ4n) is 3.74. The normalized spacial score (nSPS) is 15.7. The molecule has 0 radical (unpaired) electrons. The van der Waals surface area contributed by atoms with Gasteiger partial charge in [0, 0.05) is 25.1 Å². The summed E-state index contributed by atoms with van der Waals surface area (Å²) in [5.41, 5.74) is 1.61. The highest BCUT2D eigenvalue weighted by Crippen LogP contribution is 2.30. The van der Waals surface area contributed by atoms with E-state index in [1.165, 1.54) is 6.92 Å². The third-order valence-corrected chi connectivity index (χ3v) is 5.54. The Morgan fingerprint density at radius 3 is 2.34 bits per heavy atom. The minimum Gasteiger partial charge on any atom is -0.494 e. The van der Waals surface area contributed by atoms with E-state index in [9.17, 15) is 14.7 Å². The van der Waals surface area contributed by atoms with Crippen molar-refractivity contribution in [3.63, 3.8) is 0 Å². The van der Waals surface area contributed by atoms with Crippen LogP contribution in [0.25, 0.3) is 0 Å². The number of likely N-dealkylation sites (tertiary alicyclic amines) is 1. The van der Waals surface area contributed by atoms with Crippen molar-refractivity contribution in [2.24, 2.45) is 5.92 Å². The molecule has 3 rings (SSSR count). The second kappa shape index (κ2) is 10.2. The molecule has 0 aliphatic carbocycles. The van der Waals surface area contributed by atoms with E-state index in [0.717, 1.165) is 18.4 Å². The molecule has 0 spiro atoms. The SMILES string of the molecule is CC(=O)c1ccc(OCCCC(=O)N2CCC(C(O)c3ccccc3)CC2)cc1. The molecule has 1 heterocycles. The van der Waals surface area contributed by atoms with Gasteiger partial charge >= 0.3 is 0 Å². The number of rotatable bonds is 8. The number of Topliss-reactive ketones (excluding diaryl/α,β-unsaturated/α-hetero) is 1. The second-order valence-electron chi connectivity index (χ2n) is 7.61. The van der Waals surface area contributed by atoms with E-state index < -0.39 is 6.10 Å². The number of ketones is 1. The summed E-state index contributed by atoms with van der Waals surface area (Å²) in [7, 11) is 0. The van der Waals surface area contributed by atoms with Crippen LogP contribution in [-0.2, 0) is 4.79 Å². The Hall–Kier alpha value is -2.66. The van der Waals surface area contributed by atoms with Crippen LogP contribution in [0.1, 0.15) is 54.6 Å². The first-order chi connectivity index (χ1) is 14.0. The monoisotopic (exact) mass is 395 g/mol. The van der Waals surface area contributed by atoms with Gasteiger partial charge in [-0.2, -0.15) is 0 Å². The summed E-state index contributed by atoms with van der Waals surface area (Å²) in [5, 5.41) is 10.6. The van der Waals surface area contributed by atoms with E-state index in [1.54, 1.807) is 24.3 Å². The number of piperidine rings is 1. The van der Waals surface area contributed by atoms with Gasteiger partial charge in [-0.25, -0.2) is 0 Å². The van der Waals surface area contributed by atoms with Crippen molar-refractivity contribution in [1.82, 2.24) is 4.90 Å². The van der Waals surface area contributed by atoms with Crippen molar-refractivity contribution in [2.45, 2.75) is 38.7 Å². The topological polar surface area (TPSA) is 66.8 Å². The standard InChI is InChI=1S/C24H29NO4/c1-18(26)19-9-11-22(12-10-19)29-17-5-8-23(27)25-15-13-21(14-16-25)24(28)20-6-3-2-4-7-20/h2-4,6-7,9-12,21,24,28H,5,8,13-17H2,1H3. The minimum atomic E-state index is -0.462. The zero-order valence-corrected chi connectivity index (χ0v) is 16.9. The molecule has 1 unspecified atom stereocenters. The summed E-state index contributed by atoms with van der Waals surface area (Å²) in [6, 6.07) is 16.8. The summed E-state index contributed by atoms with van der Waals surface area (Å²) in [6.07, 6.45) is 2.29. The molecule has 1 N–H and O–H groups in total. The number of ether oxygens (including phenoxy) is 1. The van der Waals surface area contributed by atoms with E-state index >= 15 is 0 Å². The molecule has 1 saturated heterocycles. The van der Waals surface area contributed by atoms with Gasteiger partial charge in [0.1, 0.15) is 5.75 Å². The van der Waals surface area contributed by atoms with E-state index in [-0.39, 0.29) is 17.6 Å². The highest BCUT2D eigenvalue weighted by atomic mass is 16.5. The van der Waals surface area contributed by atoms with Crippen LogP contribution in [0, 0.1) is 5.92 Å². The maximum atomic E-state index is 12.4. The lowest BCUT2D eigenvalue weighted by atomic mass is 9.87. The number of hydrogen-bond acceptors (Lipinski definition) is 4. The molecule has 0 bridgehead atoms. The van der Waals surface area contributed by atoms with Crippen LogP contribution in [0.5, 0.6) is 5.75 Å². The first-order valence-corrected chi connectivity index (χ1v) is 10.3. The summed E-state index contributed by atoms with van der Waals surface area (Å²) in [5.74, 6) is 1.08. The number of aliphatic hydroxyl groups excluding tert-OH is 1. The third-order valence-electron chi connectivity index (χ3n) is 5.54. The maximum absolute atomic E-state index is 12.4. The molecule has 5 heteroatoms. The molecule has 29 heavy (non-hydrogen) atoms. The van der Waals surface area contributed by atoms with Gasteiger partial charge in [0.2, 0.25) is 5.91 Å². The van der Waals surface area contributed by atoms with Gasteiger partial charge in [-0.15, -0.1) is 0 Å². The summed E-state index contributed by atoms with van der Waals surface area (Å²) in [6.45, 7) is 3.39. The molecule has 2 aromatic rings. The van der Waals surface area contributed by atoms with Crippen molar-refractivity contribution in [2.75, 3.05) is 19.7 Å². The lowest BCUT2D eigenvalue weighted by Gasteiger charge is -2.34. The number of carbonyl (C=O) groups is 2. The van der Waals surface area contributed by atoms with Crippen LogP contribution < -0.4 is 4.74 Å². The molecular formula is C24H29NO4. The van der Waals surface area contributed by atoms with E-state index in [0.29, 0.717) is 43.9 Å². The molecule has 5 nitrogen and oxygen atoms in total. The summed E-state index contributed by atoms with van der Waals surface area (Å²) in [4.78, 5) is 25.6. The number of hydrogen-bond donors (Lipinski definition) is 1. The fraction of sp³-hybridized carbons (Fsp3) is 0.417. The minimum absolute atomic E-state index is 0.0298. The number of benzene rings is 2. The third kappa shape index (κ3) is 5.91. The first kappa shape index (κ1) is 21.1. The quantitative estimate of drug-likeness (QED) is 0.541. The molecule has 0 saturated carbocycles. The van der Waals surface area contributed by atoms with Crippen molar-refractivity contribution in [3.05, 3.63) is 65.7 Å². The largest absolute Gasteiger partial charge is 0.494 e. The van der Waals surface area contributed by atoms with E-state index in [2.05, 4.69) is 0 Å². The zero-order valence-electron chi connectivity index (χ0n) is 16.9. The van der Waals surface area contributed by atoms with Gasteiger partial charge in [-0.05, 0) is 61.9 Å². The fourth-order valence-corrected chi connectivity index (χ4v) is 3.74. The first-order valence-electron chi connectivity index (χ1n) is 10.3. The average molecular weight is 395 g/mol. The molecule has 2 aromatic carbocycles. The van der Waals surface area contributed by atoms with E-state index in [4.69, 9.17) is 4.74 Å². The predicted molar refractivity (Wildman–Crippen MR) is 112 cm³/mol. The average Bonchev–Trinajstić information content (AvgIpc) is 2.77. The Bertz CT molecular complexity index is 795. The highest BCUT2D eigenvalue weighted by Gasteiger charge is 2.27. The van der Waals surface area contributed by atoms with Gasteiger partial charge in [-0.1, -0.05) is 30.3 Å². The number of aliphatic hydroxyl groups is 1. The number of carbonyl (C=O) groups excluding carboxylic acids is 2. The smallest absolute Gasteiger partial charge is 0.222 e. The van der Waals surface area contributed by atoms with Gasteiger partial charge in [-0.3, -0.25) is 9.59 Å². The van der Waals surface area contributed by atoms with Crippen LogP contribution >= 0.6 is 0 Å². The molecular weight excluding hydrogens is 366 g/mol. The van der Waals surface area contributed by atoms with Crippen LogP contribution in [0.3, 0.4) is 0 Å². The van der Waals surface area contributed by atoms with E-state index in [1.807, 2.05) is 35.2 Å². The lowest BCUT2D eigenvalue weighted by Crippen LogP contribution is -2.39. The van der Waals surface area contributed by atoms with Crippen molar-refractivity contribution < 1.29 is 19.4 Å². The molecule has 1 amide bonds. The number of nitrogens with zero attached hydrogens (tertiary/aromatic N) is 1. The number of amides is 1.